The van der Waals surface area contributed by atoms with Crippen LogP contribution in [0.2, 0.25) is 0 Å². The number of hydrogen-bond donors (Lipinski definition) is 2. The molecule has 0 saturated carbocycles. The average Bonchev–Trinajstić information content (AvgIpc) is 2.72. The Balaban J connectivity index is 1.83. The van der Waals surface area contributed by atoms with Crippen molar-refractivity contribution in [2.75, 3.05) is 16.3 Å². The van der Waals surface area contributed by atoms with Gasteiger partial charge in [0.2, 0.25) is 16.1 Å². The number of esters is 1. The van der Waals surface area contributed by atoms with Crippen LogP contribution in [-0.4, -0.2) is 26.6 Å². The first-order valence-corrected chi connectivity index (χ1v) is 10.9. The maximum absolute atomic E-state index is 12.9. The molecule has 0 saturated heterocycles. The SMILES string of the molecule is CS(=O)(=O)Nc1cccc(C(=O)OC(C(=O)Nc2ccccc2)c2ccccc2)c1. The second kappa shape index (κ2) is 9.23. The molecule has 0 radical (unpaired) electrons. The van der Waals surface area contributed by atoms with Crippen molar-refractivity contribution in [3.8, 4) is 0 Å². The third kappa shape index (κ3) is 5.92. The lowest BCUT2D eigenvalue weighted by Crippen LogP contribution is -2.26. The molecule has 0 heterocycles. The van der Waals surface area contributed by atoms with Gasteiger partial charge in [-0.05, 0) is 30.3 Å². The Hall–Kier alpha value is -3.65. The third-order valence-electron chi connectivity index (χ3n) is 4.01. The molecule has 0 spiro atoms. The number of carbonyl (C=O) groups is 2. The Bertz CT molecular complexity index is 1130. The van der Waals surface area contributed by atoms with Crippen LogP contribution in [0.3, 0.4) is 0 Å². The van der Waals surface area contributed by atoms with Gasteiger partial charge in [-0.25, -0.2) is 13.2 Å². The van der Waals surface area contributed by atoms with Crippen LogP contribution >= 0.6 is 0 Å². The average molecular weight is 424 g/mol. The van der Waals surface area contributed by atoms with Crippen molar-refractivity contribution in [1.82, 2.24) is 0 Å². The second-order valence-electron chi connectivity index (χ2n) is 6.51. The molecule has 30 heavy (non-hydrogen) atoms. The molecule has 0 aliphatic heterocycles. The van der Waals surface area contributed by atoms with E-state index >= 15 is 0 Å². The summed E-state index contributed by atoms with van der Waals surface area (Å²) in [4.78, 5) is 25.6. The lowest BCUT2D eigenvalue weighted by molar-refractivity contribution is -0.125. The molecular formula is C22H20N2O5S. The minimum absolute atomic E-state index is 0.108. The Kier molecular flexibility index (Phi) is 6.48. The van der Waals surface area contributed by atoms with Crippen LogP contribution in [-0.2, 0) is 19.6 Å². The van der Waals surface area contributed by atoms with Crippen LogP contribution < -0.4 is 10.0 Å². The van der Waals surface area contributed by atoms with Gasteiger partial charge in [0.15, 0.2) is 0 Å². The van der Waals surface area contributed by atoms with E-state index in [2.05, 4.69) is 10.0 Å². The summed E-state index contributed by atoms with van der Waals surface area (Å²) in [5, 5.41) is 2.73. The van der Waals surface area contributed by atoms with Crippen LogP contribution in [0.1, 0.15) is 22.0 Å². The van der Waals surface area contributed by atoms with Gasteiger partial charge in [0.05, 0.1) is 11.8 Å². The smallest absolute Gasteiger partial charge is 0.339 e. The zero-order valence-corrected chi connectivity index (χ0v) is 16.9. The molecule has 3 aromatic carbocycles. The van der Waals surface area contributed by atoms with Gasteiger partial charge >= 0.3 is 5.97 Å². The molecule has 1 unspecified atom stereocenters. The highest BCUT2D eigenvalue weighted by Crippen LogP contribution is 2.22. The van der Waals surface area contributed by atoms with Gasteiger partial charge < -0.3 is 10.1 Å². The minimum atomic E-state index is -3.50. The van der Waals surface area contributed by atoms with Crippen molar-refractivity contribution in [3.63, 3.8) is 0 Å². The molecule has 0 fully saturated rings. The Morgan fingerprint density at radius 1 is 0.833 bits per heavy atom. The molecular weight excluding hydrogens is 404 g/mol. The summed E-state index contributed by atoms with van der Waals surface area (Å²) in [5.41, 5.74) is 1.40. The fraction of sp³-hybridized carbons (Fsp3) is 0.0909. The number of sulfonamides is 1. The summed E-state index contributed by atoms with van der Waals surface area (Å²) in [6.45, 7) is 0. The summed E-state index contributed by atoms with van der Waals surface area (Å²) < 4.78 is 30.7. The van der Waals surface area contributed by atoms with E-state index in [0.717, 1.165) is 6.26 Å². The number of amides is 1. The summed E-state index contributed by atoms with van der Waals surface area (Å²) in [6, 6.07) is 23.3. The maximum Gasteiger partial charge on any atom is 0.339 e. The van der Waals surface area contributed by atoms with Gasteiger partial charge in [0.1, 0.15) is 0 Å². The van der Waals surface area contributed by atoms with Crippen LogP contribution in [0.4, 0.5) is 11.4 Å². The largest absolute Gasteiger partial charge is 0.444 e. The number of benzene rings is 3. The van der Waals surface area contributed by atoms with Crippen LogP contribution in [0.15, 0.2) is 84.9 Å². The lowest BCUT2D eigenvalue weighted by Gasteiger charge is -2.18. The molecule has 1 atom stereocenters. The van der Waals surface area contributed by atoms with E-state index in [0.29, 0.717) is 11.3 Å². The quantitative estimate of drug-likeness (QED) is 0.565. The van der Waals surface area contributed by atoms with Gasteiger partial charge in [-0.15, -0.1) is 0 Å². The highest BCUT2D eigenvalue weighted by Gasteiger charge is 2.26. The number of nitrogens with one attached hydrogen (secondary N) is 2. The first kappa shape index (κ1) is 21.1. The number of anilines is 2. The predicted octanol–water partition coefficient (Wildman–Crippen LogP) is 3.59. The van der Waals surface area contributed by atoms with Crippen LogP contribution in [0.25, 0.3) is 0 Å². The normalized spacial score (nSPS) is 11.9. The molecule has 1 amide bonds. The highest BCUT2D eigenvalue weighted by atomic mass is 32.2. The van der Waals surface area contributed by atoms with Crippen LogP contribution in [0.5, 0.6) is 0 Å². The number of rotatable bonds is 7. The molecule has 2 N–H and O–H groups in total. The molecule has 0 aromatic heterocycles. The van der Waals surface area contributed by atoms with Crippen molar-refractivity contribution in [2.45, 2.75) is 6.10 Å². The van der Waals surface area contributed by atoms with Gasteiger partial charge in [0, 0.05) is 16.9 Å². The van der Waals surface area contributed by atoms with Gasteiger partial charge in [-0.3, -0.25) is 9.52 Å². The van der Waals surface area contributed by atoms with E-state index in [1.54, 1.807) is 54.6 Å². The maximum atomic E-state index is 12.9. The van der Waals surface area contributed by atoms with E-state index in [1.165, 1.54) is 24.3 Å². The fourth-order valence-corrected chi connectivity index (χ4v) is 3.28. The van der Waals surface area contributed by atoms with Crippen molar-refractivity contribution < 1.29 is 22.7 Å². The summed E-state index contributed by atoms with van der Waals surface area (Å²) >= 11 is 0. The molecule has 3 rings (SSSR count). The Morgan fingerprint density at radius 2 is 1.43 bits per heavy atom. The van der Waals surface area contributed by atoms with E-state index in [9.17, 15) is 18.0 Å². The zero-order valence-electron chi connectivity index (χ0n) is 16.1. The molecule has 3 aromatic rings. The summed E-state index contributed by atoms with van der Waals surface area (Å²) in [5.74, 6) is -1.27. The lowest BCUT2D eigenvalue weighted by atomic mass is 10.1. The first-order chi connectivity index (χ1) is 14.3. The Morgan fingerprint density at radius 3 is 2.07 bits per heavy atom. The molecule has 0 aliphatic rings. The number of ether oxygens (including phenoxy) is 1. The van der Waals surface area contributed by atoms with Gasteiger partial charge in [-0.1, -0.05) is 54.6 Å². The monoisotopic (exact) mass is 424 g/mol. The second-order valence-corrected chi connectivity index (χ2v) is 8.25. The third-order valence-corrected chi connectivity index (χ3v) is 4.61. The van der Waals surface area contributed by atoms with E-state index in [1.807, 2.05) is 6.07 Å². The minimum Gasteiger partial charge on any atom is -0.444 e. The molecule has 8 heteroatoms. The van der Waals surface area contributed by atoms with Crippen molar-refractivity contribution in [3.05, 3.63) is 96.1 Å². The van der Waals surface area contributed by atoms with Crippen molar-refractivity contribution in [2.24, 2.45) is 0 Å². The van der Waals surface area contributed by atoms with Gasteiger partial charge in [0.25, 0.3) is 5.91 Å². The summed E-state index contributed by atoms with van der Waals surface area (Å²) in [6.07, 6.45) is -0.178. The van der Waals surface area contributed by atoms with Crippen LogP contribution in [0, 0.1) is 0 Å². The van der Waals surface area contributed by atoms with Gasteiger partial charge in [-0.2, -0.15) is 0 Å². The zero-order chi connectivity index (χ0) is 21.6. The van der Waals surface area contributed by atoms with Crippen molar-refractivity contribution in [1.29, 1.82) is 0 Å². The molecule has 0 bridgehead atoms. The summed E-state index contributed by atoms with van der Waals surface area (Å²) in [7, 11) is -3.50. The van der Waals surface area contributed by atoms with Crippen molar-refractivity contribution >= 4 is 33.3 Å². The van der Waals surface area contributed by atoms with E-state index in [-0.39, 0.29) is 11.3 Å². The topological polar surface area (TPSA) is 102 Å². The highest BCUT2D eigenvalue weighted by molar-refractivity contribution is 7.92. The van der Waals surface area contributed by atoms with E-state index in [4.69, 9.17) is 4.74 Å². The fourth-order valence-electron chi connectivity index (χ4n) is 2.73. The molecule has 154 valence electrons. The standard InChI is InChI=1S/C22H20N2O5S/c1-30(27,28)24-19-14-8-11-17(15-19)22(26)29-20(16-9-4-2-5-10-16)21(25)23-18-12-6-3-7-13-18/h2-15,20,24H,1H3,(H,23,25). The Labute approximate surface area is 174 Å². The first-order valence-electron chi connectivity index (χ1n) is 9.01. The molecule has 0 aliphatic carbocycles. The molecule has 7 nitrogen and oxygen atoms in total. The predicted molar refractivity (Wildman–Crippen MR) is 115 cm³/mol. The number of carbonyl (C=O) groups excluding carboxylic acids is 2. The number of para-hydroxylation sites is 1. The van der Waals surface area contributed by atoms with E-state index < -0.39 is 28.0 Å². The number of hydrogen-bond acceptors (Lipinski definition) is 5.